The number of furan rings is 1. The Morgan fingerprint density at radius 2 is 1.97 bits per heavy atom. The van der Waals surface area contributed by atoms with E-state index in [1.165, 1.54) is 16.2 Å². The minimum Gasteiger partial charge on any atom is -0.503 e. The Bertz CT molecular complexity index is 1380. The van der Waals surface area contributed by atoms with Crippen molar-refractivity contribution in [3.8, 4) is 0 Å². The largest absolute Gasteiger partial charge is 0.503 e. The Morgan fingerprint density at radius 3 is 2.71 bits per heavy atom. The summed E-state index contributed by atoms with van der Waals surface area (Å²) in [5.74, 6) is -1.74. The number of thiophene rings is 1. The van der Waals surface area contributed by atoms with Crippen LogP contribution >= 0.6 is 38.9 Å². The van der Waals surface area contributed by atoms with E-state index in [0.29, 0.717) is 21.7 Å². The maximum Gasteiger partial charge on any atom is 0.294 e. The second-order valence-electron chi connectivity index (χ2n) is 6.96. The number of aliphatic hydroxyl groups excluding tert-OH is 1. The van der Waals surface area contributed by atoms with Gasteiger partial charge < -0.3 is 9.52 Å². The lowest BCUT2D eigenvalue weighted by atomic mass is 10.00. The molecule has 1 N–H and O–H groups in total. The fourth-order valence-corrected chi connectivity index (χ4v) is 5.10. The zero-order valence-electron chi connectivity index (χ0n) is 15.7. The molecule has 0 bridgehead atoms. The molecule has 5 rings (SSSR count). The van der Waals surface area contributed by atoms with Gasteiger partial charge in [-0.2, -0.15) is 0 Å². The van der Waals surface area contributed by atoms with Crippen LogP contribution in [-0.2, 0) is 4.79 Å². The van der Waals surface area contributed by atoms with Crippen LogP contribution in [0, 0.1) is 0 Å². The Balaban J connectivity index is 1.64. The maximum atomic E-state index is 13.5. The molecule has 0 fully saturated rings. The number of hydrogen-bond acceptors (Lipinski definition) is 5. The molecule has 1 unspecified atom stereocenters. The topological polar surface area (TPSA) is 70.8 Å². The fraction of sp³-hybridized carbons (Fsp3) is 0.0435. The van der Waals surface area contributed by atoms with Crippen LogP contribution < -0.4 is 4.90 Å². The average molecular weight is 515 g/mol. The van der Waals surface area contributed by atoms with Crippen molar-refractivity contribution >= 4 is 67.2 Å². The molecule has 0 saturated heterocycles. The molecule has 4 aromatic rings. The average Bonchev–Trinajstić information content (AvgIpc) is 3.46. The second kappa shape index (κ2) is 7.67. The molecule has 5 nitrogen and oxygen atoms in total. The number of carbonyl (C=O) groups excluding carboxylic acids is 2. The van der Waals surface area contributed by atoms with Crippen molar-refractivity contribution in [3.63, 3.8) is 0 Å². The van der Waals surface area contributed by atoms with Crippen molar-refractivity contribution in [1.82, 2.24) is 0 Å². The van der Waals surface area contributed by atoms with E-state index in [2.05, 4.69) is 15.9 Å². The summed E-state index contributed by atoms with van der Waals surface area (Å²) in [6.45, 7) is 0. The molecule has 1 aliphatic rings. The number of ketones is 1. The van der Waals surface area contributed by atoms with Gasteiger partial charge in [0, 0.05) is 25.4 Å². The van der Waals surface area contributed by atoms with Crippen LogP contribution in [0.5, 0.6) is 0 Å². The molecule has 31 heavy (non-hydrogen) atoms. The molecular formula is C23H13BrClNO4S. The zero-order valence-corrected chi connectivity index (χ0v) is 18.9. The molecule has 0 aliphatic carbocycles. The number of benzene rings is 2. The van der Waals surface area contributed by atoms with Gasteiger partial charge in [-0.25, -0.2) is 0 Å². The summed E-state index contributed by atoms with van der Waals surface area (Å²) in [5, 5.41) is 13.8. The number of anilines is 1. The standard InChI is InChI=1S/C23H13BrClNO4S/c24-13-3-1-4-15(11-13)26-20(18-5-2-8-31-18)19(22(28)23(26)29)21(27)17-10-12-9-14(25)6-7-16(12)30-17/h1-11,20,28H. The first-order valence-electron chi connectivity index (χ1n) is 9.23. The van der Waals surface area contributed by atoms with E-state index in [1.54, 1.807) is 42.5 Å². The maximum absolute atomic E-state index is 13.5. The highest BCUT2D eigenvalue weighted by Gasteiger charge is 2.45. The molecule has 1 amide bonds. The van der Waals surface area contributed by atoms with Crippen LogP contribution in [-0.4, -0.2) is 16.8 Å². The van der Waals surface area contributed by atoms with Crippen LogP contribution in [0.25, 0.3) is 11.0 Å². The van der Waals surface area contributed by atoms with Gasteiger partial charge in [-0.15, -0.1) is 11.3 Å². The summed E-state index contributed by atoms with van der Waals surface area (Å²) in [7, 11) is 0. The van der Waals surface area contributed by atoms with E-state index >= 15 is 0 Å². The molecule has 0 radical (unpaired) electrons. The Morgan fingerprint density at radius 1 is 1.13 bits per heavy atom. The van der Waals surface area contributed by atoms with Gasteiger partial charge in [0.05, 0.1) is 5.57 Å². The Kier molecular flexibility index (Phi) is 4.97. The lowest BCUT2D eigenvalue weighted by Gasteiger charge is -2.25. The van der Waals surface area contributed by atoms with Crippen LogP contribution in [0.4, 0.5) is 5.69 Å². The van der Waals surface area contributed by atoms with Gasteiger partial charge in [-0.05, 0) is 53.9 Å². The summed E-state index contributed by atoms with van der Waals surface area (Å²) in [4.78, 5) is 28.8. The summed E-state index contributed by atoms with van der Waals surface area (Å²) in [6.07, 6.45) is 0. The van der Waals surface area contributed by atoms with E-state index in [9.17, 15) is 14.7 Å². The first kappa shape index (κ1) is 20.1. The van der Waals surface area contributed by atoms with Crippen molar-refractivity contribution in [1.29, 1.82) is 0 Å². The first-order valence-corrected chi connectivity index (χ1v) is 11.3. The molecule has 0 spiro atoms. The van der Waals surface area contributed by atoms with Crippen molar-refractivity contribution < 1.29 is 19.1 Å². The minimum atomic E-state index is -0.772. The van der Waals surface area contributed by atoms with Gasteiger partial charge >= 0.3 is 0 Å². The van der Waals surface area contributed by atoms with Crippen LogP contribution in [0.1, 0.15) is 21.5 Å². The van der Waals surface area contributed by atoms with Gasteiger partial charge in [0.25, 0.3) is 5.91 Å². The summed E-state index contributed by atoms with van der Waals surface area (Å²) in [5.41, 5.74) is 1.04. The number of Topliss-reactive ketones (excluding diaryl/α,β-unsaturated/α-hetero) is 1. The van der Waals surface area contributed by atoms with Crippen LogP contribution in [0.3, 0.4) is 0 Å². The number of aliphatic hydroxyl groups is 1. The number of amides is 1. The fourth-order valence-electron chi connectivity index (χ4n) is 3.70. The highest BCUT2D eigenvalue weighted by Crippen LogP contribution is 2.44. The summed E-state index contributed by atoms with van der Waals surface area (Å²) in [6, 6.07) is 16.6. The van der Waals surface area contributed by atoms with Crippen LogP contribution in [0.2, 0.25) is 5.02 Å². The molecule has 154 valence electrons. The third kappa shape index (κ3) is 3.39. The number of rotatable bonds is 4. The van der Waals surface area contributed by atoms with Gasteiger partial charge in [-0.1, -0.05) is 39.7 Å². The summed E-state index contributed by atoms with van der Waals surface area (Å²) >= 11 is 10.9. The lowest BCUT2D eigenvalue weighted by molar-refractivity contribution is -0.117. The Labute approximate surface area is 194 Å². The molecule has 1 atom stereocenters. The SMILES string of the molecule is O=C(C1=C(O)C(=O)N(c2cccc(Br)c2)C1c1cccs1)c1cc2cc(Cl)ccc2o1. The predicted octanol–water partition coefficient (Wildman–Crippen LogP) is 6.69. The molecule has 3 heterocycles. The monoisotopic (exact) mass is 513 g/mol. The number of fused-ring (bicyclic) bond motifs is 1. The van der Waals surface area contributed by atoms with E-state index in [0.717, 1.165) is 9.35 Å². The molecule has 0 saturated carbocycles. The third-order valence-corrected chi connectivity index (χ3v) is 6.71. The van der Waals surface area contributed by atoms with Crippen molar-refractivity contribution in [2.75, 3.05) is 4.90 Å². The van der Waals surface area contributed by atoms with Gasteiger partial charge in [0.1, 0.15) is 11.6 Å². The number of halogens is 2. The highest BCUT2D eigenvalue weighted by atomic mass is 79.9. The Hall–Kier alpha value is -2.87. The van der Waals surface area contributed by atoms with Crippen molar-refractivity contribution in [3.05, 3.63) is 97.5 Å². The van der Waals surface area contributed by atoms with E-state index in [1.807, 2.05) is 23.6 Å². The van der Waals surface area contributed by atoms with Crippen LogP contribution in [0.15, 0.2) is 86.3 Å². The molecule has 8 heteroatoms. The van der Waals surface area contributed by atoms with Crippen molar-refractivity contribution in [2.45, 2.75) is 6.04 Å². The lowest BCUT2D eigenvalue weighted by Crippen LogP contribution is -2.30. The molecular weight excluding hydrogens is 502 g/mol. The highest BCUT2D eigenvalue weighted by molar-refractivity contribution is 9.10. The smallest absolute Gasteiger partial charge is 0.294 e. The predicted molar refractivity (Wildman–Crippen MR) is 124 cm³/mol. The minimum absolute atomic E-state index is 0.0161. The van der Waals surface area contributed by atoms with Gasteiger partial charge in [0.2, 0.25) is 5.78 Å². The molecule has 2 aromatic heterocycles. The van der Waals surface area contributed by atoms with E-state index < -0.39 is 23.5 Å². The second-order valence-corrected chi connectivity index (χ2v) is 9.29. The van der Waals surface area contributed by atoms with Gasteiger partial charge in [-0.3, -0.25) is 14.5 Å². The number of carbonyl (C=O) groups is 2. The first-order chi connectivity index (χ1) is 14.9. The number of hydrogen-bond donors (Lipinski definition) is 1. The quantitative estimate of drug-likeness (QED) is 0.308. The van der Waals surface area contributed by atoms with Gasteiger partial charge in [0.15, 0.2) is 11.5 Å². The summed E-state index contributed by atoms with van der Waals surface area (Å²) < 4.78 is 6.49. The molecule has 1 aliphatic heterocycles. The normalized spacial score (nSPS) is 16.5. The van der Waals surface area contributed by atoms with E-state index in [-0.39, 0.29) is 11.3 Å². The third-order valence-electron chi connectivity index (χ3n) is 5.05. The van der Waals surface area contributed by atoms with Crippen molar-refractivity contribution in [2.24, 2.45) is 0 Å². The number of nitrogens with zero attached hydrogens (tertiary/aromatic N) is 1. The molecule has 2 aromatic carbocycles. The van der Waals surface area contributed by atoms with E-state index in [4.69, 9.17) is 16.0 Å². The zero-order chi connectivity index (χ0) is 21.7.